The summed E-state index contributed by atoms with van der Waals surface area (Å²) in [7, 11) is 0. The Hall–Kier alpha value is -1.71. The van der Waals surface area contributed by atoms with Gasteiger partial charge in [0, 0.05) is 31.9 Å². The number of carbonyl (C=O) groups excluding carboxylic acids is 1. The second-order valence-corrected chi connectivity index (χ2v) is 4.95. The van der Waals surface area contributed by atoms with E-state index in [9.17, 15) is 4.79 Å². The molecule has 0 saturated carbocycles. The zero-order valence-electron chi connectivity index (χ0n) is 12.9. The topological polar surface area (TPSA) is 44.4 Å². The van der Waals surface area contributed by atoms with Crippen molar-refractivity contribution in [3.8, 4) is 0 Å². The van der Waals surface area contributed by atoms with Crippen molar-refractivity contribution >= 4 is 11.7 Å². The van der Waals surface area contributed by atoms with Crippen molar-refractivity contribution < 1.29 is 4.79 Å². The van der Waals surface area contributed by atoms with Crippen molar-refractivity contribution in [1.82, 2.24) is 10.6 Å². The van der Waals surface area contributed by atoms with Crippen LogP contribution in [-0.2, 0) is 0 Å². The van der Waals surface area contributed by atoms with E-state index in [1.807, 2.05) is 0 Å². The van der Waals surface area contributed by atoms with Crippen molar-refractivity contribution in [3.63, 3.8) is 0 Å². The molecule has 0 heterocycles. The molecule has 1 rings (SSSR count). The second kappa shape index (κ2) is 9.23. The zero-order valence-corrected chi connectivity index (χ0v) is 12.9. The number of urea groups is 1. The van der Waals surface area contributed by atoms with Gasteiger partial charge in [0.05, 0.1) is 0 Å². The number of anilines is 1. The van der Waals surface area contributed by atoms with E-state index in [4.69, 9.17) is 0 Å². The van der Waals surface area contributed by atoms with E-state index in [1.54, 1.807) is 0 Å². The van der Waals surface area contributed by atoms with E-state index in [-0.39, 0.29) is 6.03 Å². The fraction of sp³-hybridized carbons (Fsp3) is 0.562. The summed E-state index contributed by atoms with van der Waals surface area (Å²) in [5, 5.41) is 5.75. The maximum absolute atomic E-state index is 11.5. The largest absolute Gasteiger partial charge is 0.370 e. The minimum absolute atomic E-state index is 0.0706. The number of hydrogen-bond acceptors (Lipinski definition) is 2. The van der Waals surface area contributed by atoms with Gasteiger partial charge in [-0.05, 0) is 38.0 Å². The van der Waals surface area contributed by atoms with Gasteiger partial charge < -0.3 is 15.5 Å². The average Bonchev–Trinajstić information content (AvgIpc) is 2.44. The Bertz CT molecular complexity index is 406. The van der Waals surface area contributed by atoms with Crippen LogP contribution in [0.4, 0.5) is 10.5 Å². The lowest BCUT2D eigenvalue weighted by Crippen LogP contribution is -2.40. The number of likely N-dealkylation sites (N-methyl/N-ethyl adjacent to an activating group) is 1. The number of benzene rings is 1. The highest BCUT2D eigenvalue weighted by molar-refractivity contribution is 5.73. The van der Waals surface area contributed by atoms with Gasteiger partial charge >= 0.3 is 6.03 Å². The van der Waals surface area contributed by atoms with E-state index >= 15 is 0 Å². The van der Waals surface area contributed by atoms with Gasteiger partial charge in [0.2, 0.25) is 0 Å². The van der Waals surface area contributed by atoms with Gasteiger partial charge in [-0.25, -0.2) is 4.79 Å². The normalized spacial score (nSPS) is 10.2. The van der Waals surface area contributed by atoms with E-state index in [2.05, 4.69) is 60.6 Å². The number of carbonyl (C=O) groups is 1. The summed E-state index contributed by atoms with van der Waals surface area (Å²) in [5.41, 5.74) is 2.46. The number of nitrogens with one attached hydrogen (secondary N) is 2. The van der Waals surface area contributed by atoms with Crippen molar-refractivity contribution in [1.29, 1.82) is 0 Å². The molecule has 4 heteroatoms. The molecule has 0 aliphatic rings. The van der Waals surface area contributed by atoms with Crippen molar-refractivity contribution in [2.75, 3.05) is 31.1 Å². The molecule has 1 aromatic carbocycles. The van der Waals surface area contributed by atoms with E-state index in [0.29, 0.717) is 6.54 Å². The first-order valence-electron chi connectivity index (χ1n) is 7.50. The number of rotatable bonds is 8. The number of hydrogen-bond donors (Lipinski definition) is 2. The highest BCUT2D eigenvalue weighted by atomic mass is 16.2. The van der Waals surface area contributed by atoms with Crippen LogP contribution in [-0.4, -0.2) is 32.2 Å². The molecule has 2 N–H and O–H groups in total. The lowest BCUT2D eigenvalue weighted by molar-refractivity contribution is 0.241. The van der Waals surface area contributed by atoms with Crippen LogP contribution in [0.2, 0.25) is 0 Å². The van der Waals surface area contributed by atoms with E-state index < -0.39 is 0 Å². The highest BCUT2D eigenvalue weighted by Gasteiger charge is 2.05. The number of amides is 2. The Kier molecular flexibility index (Phi) is 7.55. The van der Waals surface area contributed by atoms with Crippen LogP contribution in [0.15, 0.2) is 24.3 Å². The van der Waals surface area contributed by atoms with Crippen LogP contribution in [0.3, 0.4) is 0 Å². The van der Waals surface area contributed by atoms with Gasteiger partial charge in [0.25, 0.3) is 0 Å². The molecule has 112 valence electrons. The molecule has 0 aliphatic heterocycles. The molecule has 0 unspecified atom stereocenters. The summed E-state index contributed by atoms with van der Waals surface area (Å²) >= 11 is 0. The van der Waals surface area contributed by atoms with Gasteiger partial charge in [-0.1, -0.05) is 25.5 Å². The fourth-order valence-electron chi connectivity index (χ4n) is 2.04. The zero-order chi connectivity index (χ0) is 14.8. The smallest absolute Gasteiger partial charge is 0.314 e. The first-order valence-corrected chi connectivity index (χ1v) is 7.50. The Morgan fingerprint density at radius 1 is 1.20 bits per heavy atom. The third kappa shape index (κ3) is 5.95. The highest BCUT2D eigenvalue weighted by Crippen LogP contribution is 2.14. The lowest BCUT2D eigenvalue weighted by Gasteiger charge is -2.23. The summed E-state index contributed by atoms with van der Waals surface area (Å²) in [5.74, 6) is 0. The lowest BCUT2D eigenvalue weighted by atomic mass is 10.2. The van der Waals surface area contributed by atoms with Crippen LogP contribution in [0.5, 0.6) is 0 Å². The van der Waals surface area contributed by atoms with Crippen molar-refractivity contribution in [3.05, 3.63) is 29.8 Å². The molecule has 2 amide bonds. The second-order valence-electron chi connectivity index (χ2n) is 4.95. The fourth-order valence-corrected chi connectivity index (χ4v) is 2.04. The first kappa shape index (κ1) is 16.3. The summed E-state index contributed by atoms with van der Waals surface area (Å²) in [6.45, 7) is 9.49. The number of nitrogens with zero attached hydrogens (tertiary/aromatic N) is 1. The first-order chi connectivity index (χ1) is 9.67. The Labute approximate surface area is 122 Å². The summed E-state index contributed by atoms with van der Waals surface area (Å²) in [4.78, 5) is 13.8. The number of unbranched alkanes of at least 4 members (excludes halogenated alkanes) is 1. The molecule has 0 spiro atoms. The monoisotopic (exact) mass is 277 g/mol. The van der Waals surface area contributed by atoms with Gasteiger partial charge in [0.15, 0.2) is 0 Å². The molecule has 0 radical (unpaired) electrons. The van der Waals surface area contributed by atoms with Crippen LogP contribution < -0.4 is 15.5 Å². The summed E-state index contributed by atoms with van der Waals surface area (Å²) < 4.78 is 0. The molecular weight excluding hydrogens is 250 g/mol. The van der Waals surface area contributed by atoms with Crippen LogP contribution >= 0.6 is 0 Å². The molecule has 0 atom stereocenters. The quantitative estimate of drug-likeness (QED) is 0.718. The molecule has 0 saturated heterocycles. The molecule has 0 aliphatic carbocycles. The Morgan fingerprint density at radius 3 is 2.60 bits per heavy atom. The third-order valence-corrected chi connectivity index (χ3v) is 3.23. The van der Waals surface area contributed by atoms with Gasteiger partial charge in [-0.3, -0.25) is 0 Å². The molecule has 0 aromatic heterocycles. The predicted molar refractivity (Wildman–Crippen MR) is 85.4 cm³/mol. The molecule has 1 aromatic rings. The minimum atomic E-state index is -0.0706. The minimum Gasteiger partial charge on any atom is -0.370 e. The summed E-state index contributed by atoms with van der Waals surface area (Å²) in [6.07, 6.45) is 2.12. The number of aryl methyl sites for hydroxylation is 1. The van der Waals surface area contributed by atoms with Crippen LogP contribution in [0, 0.1) is 6.92 Å². The van der Waals surface area contributed by atoms with Crippen LogP contribution in [0.25, 0.3) is 0 Å². The van der Waals surface area contributed by atoms with E-state index in [1.165, 1.54) is 11.3 Å². The van der Waals surface area contributed by atoms with Gasteiger partial charge in [0.1, 0.15) is 0 Å². The molecule has 4 nitrogen and oxygen atoms in total. The third-order valence-electron chi connectivity index (χ3n) is 3.23. The standard InChI is InChI=1S/C16H27N3O/c1-4-6-10-17-16(20)18-11-12-19(5-2)15-9-7-8-14(3)13-15/h7-9,13H,4-6,10-12H2,1-3H3,(H2,17,18,20). The Balaban J connectivity index is 2.33. The maximum atomic E-state index is 11.5. The average molecular weight is 277 g/mol. The molecular formula is C16H27N3O. The predicted octanol–water partition coefficient (Wildman–Crippen LogP) is 2.92. The molecule has 0 fully saturated rings. The van der Waals surface area contributed by atoms with Crippen molar-refractivity contribution in [2.24, 2.45) is 0 Å². The van der Waals surface area contributed by atoms with E-state index in [0.717, 1.165) is 32.5 Å². The molecule has 20 heavy (non-hydrogen) atoms. The Morgan fingerprint density at radius 2 is 1.95 bits per heavy atom. The van der Waals surface area contributed by atoms with Crippen molar-refractivity contribution in [2.45, 2.75) is 33.6 Å². The van der Waals surface area contributed by atoms with Gasteiger partial charge in [-0.15, -0.1) is 0 Å². The SMILES string of the molecule is CCCCNC(=O)NCCN(CC)c1cccc(C)c1. The van der Waals surface area contributed by atoms with Crippen LogP contribution in [0.1, 0.15) is 32.3 Å². The molecule has 0 bridgehead atoms. The summed E-state index contributed by atoms with van der Waals surface area (Å²) in [6, 6.07) is 8.37. The maximum Gasteiger partial charge on any atom is 0.314 e. The van der Waals surface area contributed by atoms with Gasteiger partial charge in [-0.2, -0.15) is 0 Å².